The van der Waals surface area contributed by atoms with E-state index in [1.165, 1.54) is 0 Å². The van der Waals surface area contributed by atoms with Gasteiger partial charge in [-0.25, -0.2) is 4.79 Å². The molecule has 0 saturated carbocycles. The van der Waals surface area contributed by atoms with Crippen LogP contribution in [-0.4, -0.2) is 65.2 Å². The Morgan fingerprint density at radius 3 is 1.40 bits per heavy atom. The lowest BCUT2D eigenvalue weighted by Crippen LogP contribution is -2.41. The van der Waals surface area contributed by atoms with Gasteiger partial charge in [-0.15, -0.1) is 0 Å². The third kappa shape index (κ3) is 8.56. The van der Waals surface area contributed by atoms with Crippen LogP contribution in [0, 0.1) is 0 Å². The summed E-state index contributed by atoms with van der Waals surface area (Å²) in [6.07, 6.45) is 6.85. The van der Waals surface area contributed by atoms with Crippen molar-refractivity contribution in [3.05, 3.63) is 155 Å². The summed E-state index contributed by atoms with van der Waals surface area (Å²) < 4.78 is 23.9. The third-order valence-corrected chi connectivity index (χ3v) is 13.2. The van der Waals surface area contributed by atoms with Gasteiger partial charge in [-0.2, -0.15) is 0 Å². The summed E-state index contributed by atoms with van der Waals surface area (Å²) in [6.45, 7) is 16.0. The van der Waals surface area contributed by atoms with Gasteiger partial charge in [-0.1, -0.05) is 84.9 Å². The van der Waals surface area contributed by atoms with E-state index in [0.29, 0.717) is 16.8 Å². The number of carboxylic acids is 1. The number of allylic oxidation sites excluding steroid dienone is 2. The van der Waals surface area contributed by atoms with Crippen molar-refractivity contribution in [1.82, 2.24) is 0 Å². The maximum atomic E-state index is 13.0. The Labute approximate surface area is 378 Å². The van der Waals surface area contributed by atoms with Crippen molar-refractivity contribution in [3.8, 4) is 0 Å². The summed E-state index contributed by atoms with van der Waals surface area (Å²) in [6, 6.07) is 32.7. The van der Waals surface area contributed by atoms with Crippen molar-refractivity contribution >= 4 is 93.7 Å². The van der Waals surface area contributed by atoms with Gasteiger partial charge in [0, 0.05) is 49.6 Å². The second kappa shape index (κ2) is 16.7. The number of carbonyl (C=O) groups excluding carboxylic acids is 3. The molecule has 0 radical (unpaired) electrons. The zero-order valence-electron chi connectivity index (χ0n) is 37.6. The molecule has 328 valence electrons. The summed E-state index contributed by atoms with van der Waals surface area (Å²) in [5.74, 6) is -1.12. The van der Waals surface area contributed by atoms with Crippen LogP contribution in [-0.2, 0) is 18.6 Å². The smallest absolute Gasteiger partial charge is 0.478 e. The van der Waals surface area contributed by atoms with Gasteiger partial charge in [-0.05, 0) is 126 Å². The highest BCUT2D eigenvalue weighted by molar-refractivity contribution is 6.62. The average molecular weight is 869 g/mol. The molecule has 4 aliphatic rings. The van der Waals surface area contributed by atoms with Gasteiger partial charge in [0.2, 0.25) is 0 Å². The van der Waals surface area contributed by atoms with Crippen molar-refractivity contribution in [2.24, 2.45) is 0 Å². The third-order valence-electron chi connectivity index (χ3n) is 13.2. The molecular formula is C52H50B2N2O9. The van der Waals surface area contributed by atoms with E-state index in [1.54, 1.807) is 48.6 Å². The quantitative estimate of drug-likeness (QED) is 0.113. The predicted octanol–water partition coefficient (Wildman–Crippen LogP) is 8.92. The maximum absolute atomic E-state index is 13.0. The van der Waals surface area contributed by atoms with E-state index < -0.39 is 31.4 Å². The number of hydrogen-bond donors (Lipinski definition) is 3. The fraction of sp³-hybridized carbons (Fsp3) is 0.231. The van der Waals surface area contributed by atoms with Crippen molar-refractivity contribution in [2.45, 2.75) is 77.8 Å². The van der Waals surface area contributed by atoms with Gasteiger partial charge < -0.3 is 34.8 Å². The Balaban J connectivity index is 0.000000147. The number of nitrogens with one attached hydrogen (secondary N) is 1. The van der Waals surface area contributed by atoms with Crippen molar-refractivity contribution in [1.29, 1.82) is 0 Å². The fourth-order valence-corrected chi connectivity index (χ4v) is 7.93. The largest absolute Gasteiger partial charge is 0.494 e. The highest BCUT2D eigenvalue weighted by atomic mass is 16.7. The molecule has 2 aliphatic carbocycles. The van der Waals surface area contributed by atoms with Crippen LogP contribution in [0.2, 0.25) is 0 Å². The summed E-state index contributed by atoms with van der Waals surface area (Å²) in [5.41, 5.74) is 11.6. The number of rotatable bonds is 5. The average Bonchev–Trinajstić information content (AvgIpc) is 3.64. The maximum Gasteiger partial charge on any atom is 0.494 e. The molecule has 6 aromatic carbocycles. The Kier molecular flexibility index (Phi) is 11.6. The lowest BCUT2D eigenvalue weighted by atomic mass is 9.79. The zero-order valence-corrected chi connectivity index (χ0v) is 37.6. The number of hydrogen-bond acceptors (Lipinski definition) is 9. The topological polar surface area (TPSA) is 163 Å². The monoisotopic (exact) mass is 868 g/mol. The molecule has 13 heteroatoms. The first kappa shape index (κ1) is 45.0. The van der Waals surface area contributed by atoms with Crippen LogP contribution >= 0.6 is 0 Å². The van der Waals surface area contributed by atoms with Crippen LogP contribution in [0.4, 0.5) is 11.4 Å². The zero-order chi connectivity index (χ0) is 46.6. The van der Waals surface area contributed by atoms with Gasteiger partial charge in [0.1, 0.15) is 0 Å². The van der Waals surface area contributed by atoms with E-state index in [9.17, 15) is 19.2 Å². The number of carboxylic acid groups (broad SMARTS) is 1. The molecule has 0 atom stereocenters. The van der Waals surface area contributed by atoms with E-state index in [0.717, 1.165) is 54.8 Å². The Morgan fingerprint density at radius 2 is 0.938 bits per heavy atom. The first-order chi connectivity index (χ1) is 30.7. The Bertz CT molecular complexity index is 2940. The van der Waals surface area contributed by atoms with E-state index in [1.807, 2.05) is 140 Å². The second-order valence-corrected chi connectivity index (χ2v) is 18.5. The van der Waals surface area contributed by atoms with Crippen LogP contribution in [0.15, 0.2) is 121 Å². The number of nitrogen functional groups attached to an aromatic ring is 1. The van der Waals surface area contributed by atoms with E-state index >= 15 is 0 Å². The van der Waals surface area contributed by atoms with Crippen LogP contribution in [0.3, 0.4) is 0 Å². The van der Waals surface area contributed by atoms with Crippen LogP contribution < -0.4 is 22.0 Å². The molecule has 11 nitrogen and oxygen atoms in total. The van der Waals surface area contributed by atoms with Crippen molar-refractivity contribution in [3.63, 3.8) is 0 Å². The predicted molar refractivity (Wildman–Crippen MR) is 258 cm³/mol. The Hall–Kier alpha value is -6.63. The van der Waals surface area contributed by atoms with E-state index in [2.05, 4.69) is 5.32 Å². The number of carbonyl (C=O) groups is 4. The number of nitrogens with two attached hydrogens (primary N) is 1. The number of ketones is 2. The number of anilines is 2. The molecule has 10 rings (SSSR count). The molecule has 0 bridgehead atoms. The molecule has 6 aromatic rings. The molecule has 2 heterocycles. The molecule has 2 fully saturated rings. The van der Waals surface area contributed by atoms with Gasteiger partial charge in [-0.3, -0.25) is 14.4 Å². The normalized spacial score (nSPS) is 17.9. The van der Waals surface area contributed by atoms with Gasteiger partial charge in [0.15, 0.2) is 11.6 Å². The summed E-state index contributed by atoms with van der Waals surface area (Å²) in [5, 5.41) is 15.5. The van der Waals surface area contributed by atoms with Gasteiger partial charge in [0.05, 0.1) is 28.0 Å². The van der Waals surface area contributed by atoms with Crippen LogP contribution in [0.25, 0.3) is 33.7 Å². The van der Waals surface area contributed by atoms with Crippen molar-refractivity contribution in [2.75, 3.05) is 11.1 Å². The number of amides is 1. The van der Waals surface area contributed by atoms with Gasteiger partial charge >= 0.3 is 20.2 Å². The number of benzene rings is 6. The van der Waals surface area contributed by atoms with Crippen molar-refractivity contribution < 1.29 is 42.9 Å². The standard InChI is InChI=1S/C26H24BNO4.C13H17BO4.C13H9NO/c1-25(2)26(3,4)32-27(31-25)18-12-8-17(9-13-18)24(30)28-21-14-10-16-11-15-22(29)20-7-5-6-19(21)23(16)20;1-12(2)13(3,4)18-14(17-12)10-7-5-9(6-8-10)11(15)16;14-11-6-4-8-5-7-12(15)10-3-1-2-9(11)13(8)10/h5-15H,1-4H3,(H,28,30);5-8H,1-4H3,(H,15,16);1-7H,14H2. The molecule has 2 saturated heterocycles. The first-order valence-electron chi connectivity index (χ1n) is 21.4. The lowest BCUT2D eigenvalue weighted by molar-refractivity contribution is 0.00578. The minimum absolute atomic E-state index is 0.0233. The lowest BCUT2D eigenvalue weighted by Gasteiger charge is -2.32. The summed E-state index contributed by atoms with van der Waals surface area (Å²) in [4.78, 5) is 47.6. The molecule has 0 unspecified atom stereocenters. The molecule has 0 aromatic heterocycles. The minimum Gasteiger partial charge on any atom is -0.478 e. The minimum atomic E-state index is -0.935. The molecule has 4 N–H and O–H groups in total. The molecular weight excluding hydrogens is 818 g/mol. The summed E-state index contributed by atoms with van der Waals surface area (Å²) >= 11 is 0. The fourth-order valence-electron chi connectivity index (χ4n) is 7.93. The Morgan fingerprint density at radius 1 is 0.523 bits per heavy atom. The molecule has 2 aliphatic heterocycles. The van der Waals surface area contributed by atoms with Crippen LogP contribution in [0.1, 0.15) is 108 Å². The first-order valence-corrected chi connectivity index (χ1v) is 21.4. The number of aromatic carboxylic acids is 1. The highest BCUT2D eigenvalue weighted by Gasteiger charge is 2.52. The van der Waals surface area contributed by atoms with E-state index in [4.69, 9.17) is 29.5 Å². The highest BCUT2D eigenvalue weighted by Crippen LogP contribution is 2.38. The second-order valence-electron chi connectivity index (χ2n) is 18.5. The van der Waals surface area contributed by atoms with E-state index in [-0.39, 0.29) is 34.2 Å². The SMILES string of the molecule is CC1(C)OB(c2ccc(C(=O)Nc3ccc4c5c(cccc35)C(=O)C=C4)cc2)OC1(C)C.CC1(C)OB(c2ccc(C(=O)O)cc2)OC1(C)C.Nc1ccc2c3c(cccc13)C(=O)C=C2. The van der Waals surface area contributed by atoms with Crippen LogP contribution in [0.5, 0.6) is 0 Å². The molecule has 0 spiro atoms. The van der Waals surface area contributed by atoms with Gasteiger partial charge in [0.25, 0.3) is 5.91 Å². The summed E-state index contributed by atoms with van der Waals surface area (Å²) in [7, 11) is -0.916. The molecule has 65 heavy (non-hydrogen) atoms. The molecule has 1 amide bonds.